The van der Waals surface area contributed by atoms with Gasteiger partial charge >= 0.3 is 6.18 Å². The molecule has 1 saturated heterocycles. The average Bonchev–Trinajstić information content (AvgIpc) is 2.43. The van der Waals surface area contributed by atoms with Crippen molar-refractivity contribution >= 4 is 24.0 Å². The van der Waals surface area contributed by atoms with Crippen molar-refractivity contribution in [1.29, 1.82) is 0 Å². The minimum atomic E-state index is -4.40. The molecule has 1 aliphatic carbocycles. The third-order valence-electron chi connectivity index (χ3n) is 4.78. The summed E-state index contributed by atoms with van der Waals surface area (Å²) in [6.45, 7) is 3.54. The minimum Gasteiger partial charge on any atom is -0.314 e. The summed E-state index contributed by atoms with van der Waals surface area (Å²) in [5.74, 6) is 0.459. The van der Waals surface area contributed by atoms with Gasteiger partial charge in [-0.15, -0.1) is 12.4 Å². The van der Waals surface area contributed by atoms with E-state index in [0.29, 0.717) is 5.92 Å². The standard InChI is InChI=1S/C16H20ClF3N2.ClH/c17-14-5-4-12(10-13(14)16(18,19)20)15(11-2-1-3-11)22-8-6-21-7-9-22;/h4-5,10-11,15,21H,1-3,6-9H2;1H/t15-;/m0./s1. The Kier molecular flexibility index (Phi) is 6.22. The molecule has 0 radical (unpaired) electrons. The lowest BCUT2D eigenvalue weighted by atomic mass is 9.76. The van der Waals surface area contributed by atoms with Gasteiger partial charge in [-0.05, 0) is 36.5 Å². The zero-order chi connectivity index (χ0) is 15.7. The molecule has 1 aliphatic heterocycles. The number of nitrogens with zero attached hydrogens (tertiary/aromatic N) is 1. The van der Waals surface area contributed by atoms with Gasteiger partial charge in [0.05, 0.1) is 10.6 Å². The summed E-state index contributed by atoms with van der Waals surface area (Å²) in [6.07, 6.45) is -1.04. The third-order valence-corrected chi connectivity index (χ3v) is 5.11. The van der Waals surface area contributed by atoms with Crippen molar-refractivity contribution in [2.45, 2.75) is 31.5 Å². The first-order valence-corrected chi connectivity index (χ1v) is 8.16. The van der Waals surface area contributed by atoms with Crippen molar-refractivity contribution in [3.8, 4) is 0 Å². The van der Waals surface area contributed by atoms with Gasteiger partial charge < -0.3 is 5.32 Å². The highest BCUT2D eigenvalue weighted by atomic mass is 35.5. The molecule has 1 saturated carbocycles. The highest BCUT2D eigenvalue weighted by Crippen LogP contribution is 2.44. The molecule has 130 valence electrons. The van der Waals surface area contributed by atoms with E-state index < -0.39 is 11.7 Å². The molecule has 1 aromatic carbocycles. The molecule has 0 unspecified atom stereocenters. The van der Waals surface area contributed by atoms with Crippen molar-refractivity contribution in [1.82, 2.24) is 10.2 Å². The highest BCUT2D eigenvalue weighted by Gasteiger charge is 2.37. The van der Waals surface area contributed by atoms with Crippen LogP contribution in [0.3, 0.4) is 0 Å². The Balaban J connectivity index is 0.00000192. The van der Waals surface area contributed by atoms with Crippen LogP contribution in [-0.4, -0.2) is 31.1 Å². The quantitative estimate of drug-likeness (QED) is 0.843. The van der Waals surface area contributed by atoms with Crippen LogP contribution in [0.25, 0.3) is 0 Å². The molecule has 1 N–H and O–H groups in total. The normalized spacial score (nSPS) is 21.4. The average molecular weight is 369 g/mol. The molecule has 0 amide bonds. The molecule has 2 aliphatic rings. The second kappa shape index (κ2) is 7.60. The summed E-state index contributed by atoms with van der Waals surface area (Å²) in [4.78, 5) is 2.32. The number of rotatable bonds is 3. The summed E-state index contributed by atoms with van der Waals surface area (Å²) >= 11 is 5.76. The van der Waals surface area contributed by atoms with Gasteiger partial charge in [-0.3, -0.25) is 4.90 Å². The molecule has 1 heterocycles. The Morgan fingerprint density at radius 1 is 1.17 bits per heavy atom. The van der Waals surface area contributed by atoms with Crippen molar-refractivity contribution in [3.63, 3.8) is 0 Å². The summed E-state index contributed by atoms with van der Waals surface area (Å²) in [5.41, 5.74) is 0.0365. The molecule has 1 aromatic rings. The van der Waals surface area contributed by atoms with Crippen LogP contribution in [0.5, 0.6) is 0 Å². The van der Waals surface area contributed by atoms with Crippen molar-refractivity contribution in [3.05, 3.63) is 34.3 Å². The van der Waals surface area contributed by atoms with Gasteiger partial charge in [-0.25, -0.2) is 0 Å². The molecule has 2 nitrogen and oxygen atoms in total. The molecule has 0 bridgehead atoms. The monoisotopic (exact) mass is 368 g/mol. The van der Waals surface area contributed by atoms with E-state index in [1.165, 1.54) is 18.6 Å². The summed E-state index contributed by atoms with van der Waals surface area (Å²) in [5, 5.41) is 3.08. The molecule has 3 rings (SSSR count). The van der Waals surface area contributed by atoms with E-state index in [0.717, 1.165) is 44.6 Å². The molecular formula is C16H21Cl2F3N2. The zero-order valence-corrected chi connectivity index (χ0v) is 14.3. The molecule has 0 spiro atoms. The lowest BCUT2D eigenvalue weighted by molar-refractivity contribution is -0.137. The topological polar surface area (TPSA) is 15.3 Å². The second-order valence-electron chi connectivity index (χ2n) is 6.16. The number of alkyl halides is 3. The molecule has 0 aromatic heterocycles. The fraction of sp³-hybridized carbons (Fsp3) is 0.625. The van der Waals surface area contributed by atoms with Crippen LogP contribution in [0, 0.1) is 5.92 Å². The van der Waals surface area contributed by atoms with Crippen LogP contribution in [0.15, 0.2) is 18.2 Å². The predicted octanol–water partition coefficient (Wildman–Crippen LogP) is 4.53. The second-order valence-corrected chi connectivity index (χ2v) is 6.57. The number of hydrogen-bond donors (Lipinski definition) is 1. The first kappa shape index (κ1) is 18.8. The van der Waals surface area contributed by atoms with Crippen LogP contribution in [0.4, 0.5) is 13.2 Å². The molecule has 2 fully saturated rings. The van der Waals surface area contributed by atoms with Gasteiger partial charge in [0.25, 0.3) is 0 Å². The van der Waals surface area contributed by atoms with Crippen molar-refractivity contribution in [2.24, 2.45) is 5.92 Å². The van der Waals surface area contributed by atoms with Crippen LogP contribution >= 0.6 is 24.0 Å². The largest absolute Gasteiger partial charge is 0.417 e. The van der Waals surface area contributed by atoms with Crippen LogP contribution in [0.1, 0.15) is 36.4 Å². The highest BCUT2D eigenvalue weighted by molar-refractivity contribution is 6.31. The Hall–Kier alpha value is -0.490. The van der Waals surface area contributed by atoms with E-state index in [-0.39, 0.29) is 23.5 Å². The van der Waals surface area contributed by atoms with Gasteiger partial charge in [-0.1, -0.05) is 24.1 Å². The summed E-state index contributed by atoms with van der Waals surface area (Å²) in [7, 11) is 0. The van der Waals surface area contributed by atoms with E-state index in [4.69, 9.17) is 11.6 Å². The Morgan fingerprint density at radius 2 is 1.83 bits per heavy atom. The van der Waals surface area contributed by atoms with Gasteiger partial charge in [0.1, 0.15) is 0 Å². The van der Waals surface area contributed by atoms with Crippen molar-refractivity contribution in [2.75, 3.05) is 26.2 Å². The lowest BCUT2D eigenvalue weighted by Gasteiger charge is -2.43. The van der Waals surface area contributed by atoms with Crippen molar-refractivity contribution < 1.29 is 13.2 Å². The van der Waals surface area contributed by atoms with Gasteiger partial charge in [0.15, 0.2) is 0 Å². The number of piperazine rings is 1. The van der Waals surface area contributed by atoms with Crippen LogP contribution in [0.2, 0.25) is 5.02 Å². The van der Waals surface area contributed by atoms with E-state index >= 15 is 0 Å². The number of halogens is 5. The fourth-order valence-corrected chi connectivity index (χ4v) is 3.67. The predicted molar refractivity (Wildman–Crippen MR) is 88.2 cm³/mol. The minimum absolute atomic E-state index is 0. The number of hydrogen-bond acceptors (Lipinski definition) is 2. The Bertz CT molecular complexity index is 527. The van der Waals surface area contributed by atoms with E-state index in [2.05, 4.69) is 10.2 Å². The van der Waals surface area contributed by atoms with Gasteiger partial charge in [-0.2, -0.15) is 13.2 Å². The maximum absolute atomic E-state index is 13.1. The number of benzene rings is 1. The molecular weight excluding hydrogens is 348 g/mol. The van der Waals surface area contributed by atoms with Crippen LogP contribution < -0.4 is 5.32 Å². The first-order valence-electron chi connectivity index (χ1n) is 7.78. The molecule has 7 heteroatoms. The third kappa shape index (κ3) is 4.13. The fourth-order valence-electron chi connectivity index (χ4n) is 3.44. The maximum atomic E-state index is 13.1. The SMILES string of the molecule is Cl.FC(F)(F)c1cc([C@H](C2CCC2)N2CCNCC2)ccc1Cl. The van der Waals surface area contributed by atoms with Crippen LogP contribution in [-0.2, 0) is 6.18 Å². The molecule has 1 atom stereocenters. The number of nitrogens with one attached hydrogen (secondary N) is 1. The van der Waals surface area contributed by atoms with E-state index in [9.17, 15) is 13.2 Å². The zero-order valence-electron chi connectivity index (χ0n) is 12.7. The van der Waals surface area contributed by atoms with E-state index in [1.54, 1.807) is 6.07 Å². The summed E-state index contributed by atoms with van der Waals surface area (Å²) in [6, 6.07) is 4.50. The Labute approximate surface area is 145 Å². The maximum Gasteiger partial charge on any atom is 0.417 e. The lowest BCUT2D eigenvalue weighted by Crippen LogP contribution is -2.47. The van der Waals surface area contributed by atoms with Gasteiger partial charge in [0.2, 0.25) is 0 Å². The van der Waals surface area contributed by atoms with Gasteiger partial charge in [0, 0.05) is 32.2 Å². The first-order chi connectivity index (χ1) is 10.5. The summed E-state index contributed by atoms with van der Waals surface area (Å²) < 4.78 is 39.4. The smallest absolute Gasteiger partial charge is 0.314 e. The van der Waals surface area contributed by atoms with E-state index in [1.807, 2.05) is 0 Å². The molecule has 23 heavy (non-hydrogen) atoms. The Morgan fingerprint density at radius 3 is 2.35 bits per heavy atom.